The number of carbonyl (C=O) groups is 2. The van der Waals surface area contributed by atoms with Crippen molar-refractivity contribution in [3.63, 3.8) is 0 Å². The van der Waals surface area contributed by atoms with Crippen LogP contribution < -0.4 is 10.7 Å². The van der Waals surface area contributed by atoms with Crippen LogP contribution in [0.25, 0.3) is 0 Å². The second-order valence-electron chi connectivity index (χ2n) is 6.42. The van der Waals surface area contributed by atoms with Gasteiger partial charge in [0.25, 0.3) is 5.91 Å². The summed E-state index contributed by atoms with van der Waals surface area (Å²) in [7, 11) is -0.856. The molecule has 1 aromatic carbocycles. The van der Waals surface area contributed by atoms with Crippen molar-refractivity contribution in [2.24, 2.45) is 0 Å². The van der Waals surface area contributed by atoms with Gasteiger partial charge in [-0.05, 0) is 31.5 Å². The van der Waals surface area contributed by atoms with E-state index in [1.54, 1.807) is 19.1 Å². The predicted molar refractivity (Wildman–Crippen MR) is 99.5 cm³/mol. The number of sulfonamides is 1. The minimum Gasteiger partial charge on any atom is -0.324 e. The average Bonchev–Trinajstić information content (AvgIpc) is 2.60. The largest absolute Gasteiger partial charge is 0.324 e. The maximum atomic E-state index is 13.5. The number of anilines is 1. The van der Waals surface area contributed by atoms with Crippen LogP contribution in [0.2, 0.25) is 0 Å². The number of alkyl halides is 2. The van der Waals surface area contributed by atoms with Crippen molar-refractivity contribution >= 4 is 39.1 Å². The summed E-state index contributed by atoms with van der Waals surface area (Å²) in [6, 6.07) is 3.50. The Morgan fingerprint density at radius 3 is 2.67 bits per heavy atom. The van der Waals surface area contributed by atoms with Crippen LogP contribution in [0.15, 0.2) is 23.1 Å². The van der Waals surface area contributed by atoms with Gasteiger partial charge >= 0.3 is 0 Å². The molecule has 0 aliphatic carbocycles. The lowest BCUT2D eigenvalue weighted by Crippen LogP contribution is -2.62. The van der Waals surface area contributed by atoms with Gasteiger partial charge in [-0.25, -0.2) is 22.5 Å². The zero-order valence-electron chi connectivity index (χ0n) is 15.4. The third-order valence-corrected chi connectivity index (χ3v) is 6.65. The molecular weight excluding hydrogens is 399 g/mol. The second kappa shape index (κ2) is 8.09. The van der Waals surface area contributed by atoms with E-state index < -0.39 is 39.4 Å². The van der Waals surface area contributed by atoms with Gasteiger partial charge in [0.2, 0.25) is 15.9 Å². The molecule has 1 aliphatic heterocycles. The van der Waals surface area contributed by atoms with Crippen molar-refractivity contribution in [3.05, 3.63) is 23.8 Å². The minimum absolute atomic E-state index is 0.0613. The molecule has 0 spiro atoms. The van der Waals surface area contributed by atoms with E-state index >= 15 is 0 Å². The van der Waals surface area contributed by atoms with Crippen LogP contribution in [0.3, 0.4) is 0 Å². The van der Waals surface area contributed by atoms with Crippen molar-refractivity contribution in [1.29, 1.82) is 0 Å². The third kappa shape index (κ3) is 4.40. The molecule has 11 heteroatoms. The zero-order valence-corrected chi connectivity index (χ0v) is 16.9. The van der Waals surface area contributed by atoms with Gasteiger partial charge in [-0.1, -0.05) is 6.07 Å². The van der Waals surface area contributed by atoms with Crippen LogP contribution in [0.4, 0.5) is 10.1 Å². The van der Waals surface area contributed by atoms with Crippen LogP contribution in [-0.4, -0.2) is 67.8 Å². The number of carbonyl (C=O) groups excluding carboxylic acids is 2. The van der Waals surface area contributed by atoms with Gasteiger partial charge in [0.05, 0.1) is 4.90 Å². The molecule has 1 heterocycles. The summed E-state index contributed by atoms with van der Waals surface area (Å²) in [5.41, 5.74) is 3.32. The number of benzene rings is 1. The van der Waals surface area contributed by atoms with Crippen molar-refractivity contribution in [2.45, 2.75) is 36.3 Å². The first-order chi connectivity index (χ1) is 12.5. The maximum absolute atomic E-state index is 13.5. The Balaban J connectivity index is 2.20. The number of hydrogen-bond donors (Lipinski definition) is 2. The summed E-state index contributed by atoms with van der Waals surface area (Å²) < 4.78 is 39.3. The summed E-state index contributed by atoms with van der Waals surface area (Å²) in [4.78, 5) is 24.6. The summed E-state index contributed by atoms with van der Waals surface area (Å²) in [6.45, 7) is 2.91. The number of amides is 2. The Bertz CT molecular complexity index is 849. The van der Waals surface area contributed by atoms with Crippen molar-refractivity contribution in [2.75, 3.05) is 26.0 Å². The lowest BCUT2D eigenvalue weighted by molar-refractivity contribution is -0.146. The first-order valence-electron chi connectivity index (χ1n) is 8.15. The van der Waals surface area contributed by atoms with E-state index in [1.165, 1.54) is 27.1 Å². The molecule has 3 atom stereocenters. The Morgan fingerprint density at radius 2 is 2.07 bits per heavy atom. The zero-order chi connectivity index (χ0) is 20.5. The molecule has 8 nitrogen and oxygen atoms in total. The van der Waals surface area contributed by atoms with E-state index in [1.807, 2.05) is 0 Å². The van der Waals surface area contributed by atoms with Gasteiger partial charge < -0.3 is 5.32 Å². The van der Waals surface area contributed by atoms with Gasteiger partial charge in [-0.2, -0.15) is 0 Å². The molecule has 2 N–H and O–H groups in total. The van der Waals surface area contributed by atoms with Crippen LogP contribution in [0.5, 0.6) is 0 Å². The lowest BCUT2D eigenvalue weighted by atomic mass is 10.1. The number of hydrazine groups is 1. The number of halogens is 2. The number of hydrogen-bond acceptors (Lipinski definition) is 5. The molecule has 1 saturated heterocycles. The highest BCUT2D eigenvalue weighted by Crippen LogP contribution is 2.23. The second-order valence-corrected chi connectivity index (χ2v) is 9.01. The fourth-order valence-electron chi connectivity index (χ4n) is 2.50. The van der Waals surface area contributed by atoms with Gasteiger partial charge in [0, 0.05) is 26.3 Å². The average molecular weight is 421 g/mol. The lowest BCUT2D eigenvalue weighted by Gasteiger charge is -2.35. The summed E-state index contributed by atoms with van der Waals surface area (Å²) in [6.07, 6.45) is -1.54. The summed E-state index contributed by atoms with van der Waals surface area (Å²) >= 11 is 5.73. The standard InChI is InChI=1S/C16H22ClFN4O4S/c1-9-5-6-11(7-13(9)27(25,26)21(3)4)20-15(23)10(2)22-16(24)14(17)12(18)8-19-22/h5-7,10,12,14,19H,8H2,1-4H3,(H,20,23)/t10-,12?,14?/m0/s1. The topological polar surface area (TPSA) is 98.8 Å². The van der Waals surface area contributed by atoms with E-state index in [4.69, 9.17) is 11.6 Å². The smallest absolute Gasteiger partial charge is 0.258 e. The van der Waals surface area contributed by atoms with Crippen molar-refractivity contribution in [3.8, 4) is 0 Å². The molecule has 2 amide bonds. The highest BCUT2D eigenvalue weighted by Gasteiger charge is 2.39. The van der Waals surface area contributed by atoms with E-state index in [-0.39, 0.29) is 17.1 Å². The van der Waals surface area contributed by atoms with E-state index in [0.29, 0.717) is 5.56 Å². The number of rotatable bonds is 5. The first kappa shape index (κ1) is 21.5. The molecular formula is C16H22ClFN4O4S. The molecule has 0 radical (unpaired) electrons. The van der Waals surface area contributed by atoms with Gasteiger partial charge in [-0.15, -0.1) is 11.6 Å². The number of nitrogens with zero attached hydrogens (tertiary/aromatic N) is 2. The summed E-state index contributed by atoms with van der Waals surface area (Å²) in [5, 5.41) is 2.19. The number of aryl methyl sites for hydroxylation is 1. The highest BCUT2D eigenvalue weighted by molar-refractivity contribution is 7.89. The number of nitrogens with one attached hydrogen (secondary N) is 2. The summed E-state index contributed by atoms with van der Waals surface area (Å²) in [5.74, 6) is -1.31. The van der Waals surface area contributed by atoms with Gasteiger partial charge in [-0.3, -0.25) is 14.6 Å². The predicted octanol–water partition coefficient (Wildman–Crippen LogP) is 0.865. The molecule has 27 heavy (non-hydrogen) atoms. The first-order valence-corrected chi connectivity index (χ1v) is 10.0. The fourth-order valence-corrected chi connectivity index (χ4v) is 3.84. The minimum atomic E-state index is -3.68. The van der Waals surface area contributed by atoms with E-state index in [9.17, 15) is 22.4 Å². The Morgan fingerprint density at radius 1 is 1.44 bits per heavy atom. The van der Waals surface area contributed by atoms with Crippen LogP contribution in [-0.2, 0) is 19.6 Å². The molecule has 2 unspecified atom stereocenters. The van der Waals surface area contributed by atoms with Crippen LogP contribution in [0.1, 0.15) is 12.5 Å². The van der Waals surface area contributed by atoms with Crippen LogP contribution >= 0.6 is 11.6 Å². The Hall–Kier alpha value is -1.75. The van der Waals surface area contributed by atoms with Gasteiger partial charge in [0.15, 0.2) is 0 Å². The molecule has 1 aromatic rings. The monoisotopic (exact) mass is 420 g/mol. The molecule has 1 fully saturated rings. The molecule has 2 rings (SSSR count). The molecule has 150 valence electrons. The van der Waals surface area contributed by atoms with Crippen LogP contribution in [0, 0.1) is 6.92 Å². The van der Waals surface area contributed by atoms with Crippen molar-refractivity contribution in [1.82, 2.24) is 14.7 Å². The normalized spacial score (nSPS) is 22.0. The van der Waals surface area contributed by atoms with Gasteiger partial charge in [0.1, 0.15) is 17.6 Å². The highest BCUT2D eigenvalue weighted by atomic mass is 35.5. The fraction of sp³-hybridized carbons (Fsp3) is 0.500. The maximum Gasteiger partial charge on any atom is 0.258 e. The van der Waals surface area contributed by atoms with Crippen molar-refractivity contribution < 1.29 is 22.4 Å². The molecule has 0 saturated carbocycles. The molecule has 0 bridgehead atoms. The van der Waals surface area contributed by atoms with E-state index in [2.05, 4.69) is 10.7 Å². The third-order valence-electron chi connectivity index (χ3n) is 4.23. The molecule has 0 aromatic heterocycles. The van der Waals surface area contributed by atoms with E-state index in [0.717, 1.165) is 9.31 Å². The SMILES string of the molecule is Cc1ccc(NC(=O)[C@H](C)N2NCC(F)C(Cl)C2=O)cc1S(=O)(=O)N(C)C. The quantitative estimate of drug-likeness (QED) is 0.688. The molecule has 1 aliphatic rings. The Kier molecular flexibility index (Phi) is 6.46. The Labute approximate surface area is 162 Å².